The standard InChI is InChI=1S/C21H23N3O3S/c1-15-6-8-16(9-7-15)19-23-17(13-28-19)20(26)27-12-18(25)24(2)21(14-22)10-4-3-5-11-21/h6-9,13H,3-5,10-12H2,1-2H3. The first-order chi connectivity index (χ1) is 13.4. The van der Waals surface area contributed by atoms with Crippen LogP contribution in [0.25, 0.3) is 10.6 Å². The van der Waals surface area contributed by atoms with Gasteiger partial charge < -0.3 is 9.64 Å². The normalized spacial score (nSPS) is 15.5. The third-order valence-electron chi connectivity index (χ3n) is 5.24. The molecule has 3 rings (SSSR count). The van der Waals surface area contributed by atoms with E-state index in [-0.39, 0.29) is 11.6 Å². The molecule has 1 fully saturated rings. The average molecular weight is 398 g/mol. The zero-order valence-corrected chi connectivity index (χ0v) is 16.9. The number of esters is 1. The van der Waals surface area contributed by atoms with Crippen molar-refractivity contribution in [2.75, 3.05) is 13.7 Å². The third-order valence-corrected chi connectivity index (χ3v) is 6.13. The molecule has 0 unspecified atom stereocenters. The molecule has 146 valence electrons. The maximum atomic E-state index is 12.5. The van der Waals surface area contributed by atoms with Crippen LogP contribution >= 0.6 is 11.3 Å². The minimum Gasteiger partial charge on any atom is -0.451 e. The highest BCUT2D eigenvalue weighted by Crippen LogP contribution is 2.32. The largest absolute Gasteiger partial charge is 0.451 e. The number of ether oxygens (including phenoxy) is 1. The van der Waals surface area contributed by atoms with Crippen LogP contribution in [0, 0.1) is 18.3 Å². The number of rotatable bonds is 5. The van der Waals surface area contributed by atoms with Gasteiger partial charge in [0, 0.05) is 18.0 Å². The molecule has 1 aliphatic rings. The van der Waals surface area contributed by atoms with Crippen LogP contribution in [0.15, 0.2) is 29.6 Å². The average Bonchev–Trinajstić information content (AvgIpc) is 3.22. The lowest BCUT2D eigenvalue weighted by Gasteiger charge is -2.38. The lowest BCUT2D eigenvalue weighted by molar-refractivity contribution is -0.138. The van der Waals surface area contributed by atoms with Crippen LogP contribution in [-0.2, 0) is 9.53 Å². The Morgan fingerprint density at radius 3 is 2.57 bits per heavy atom. The first-order valence-electron chi connectivity index (χ1n) is 9.33. The summed E-state index contributed by atoms with van der Waals surface area (Å²) in [6, 6.07) is 10.2. The molecule has 6 nitrogen and oxygen atoms in total. The number of aryl methyl sites for hydroxylation is 1. The Morgan fingerprint density at radius 2 is 1.93 bits per heavy atom. The Bertz CT molecular complexity index is 892. The molecule has 0 spiro atoms. The van der Waals surface area contributed by atoms with E-state index in [1.807, 2.05) is 31.2 Å². The summed E-state index contributed by atoms with van der Waals surface area (Å²) in [5.41, 5.74) is 1.47. The number of carbonyl (C=O) groups is 2. The maximum absolute atomic E-state index is 12.5. The summed E-state index contributed by atoms with van der Waals surface area (Å²) in [6.45, 7) is 1.61. The van der Waals surface area contributed by atoms with Crippen molar-refractivity contribution in [3.63, 3.8) is 0 Å². The fourth-order valence-corrected chi connectivity index (χ4v) is 4.19. The second-order valence-corrected chi connectivity index (χ2v) is 7.99. The van der Waals surface area contributed by atoms with Gasteiger partial charge in [-0.25, -0.2) is 9.78 Å². The molecule has 2 aromatic rings. The second-order valence-electron chi connectivity index (χ2n) is 7.14. The molecule has 1 amide bonds. The first-order valence-corrected chi connectivity index (χ1v) is 10.2. The van der Waals surface area contributed by atoms with Gasteiger partial charge in [-0.3, -0.25) is 4.79 Å². The van der Waals surface area contributed by atoms with Gasteiger partial charge in [0.2, 0.25) is 0 Å². The first kappa shape index (κ1) is 20.0. The quantitative estimate of drug-likeness (QED) is 0.713. The molecule has 0 N–H and O–H groups in total. The van der Waals surface area contributed by atoms with E-state index in [1.165, 1.54) is 16.2 Å². The molecule has 1 aromatic carbocycles. The highest BCUT2D eigenvalue weighted by Gasteiger charge is 2.39. The summed E-state index contributed by atoms with van der Waals surface area (Å²) < 4.78 is 5.16. The Hall–Kier alpha value is -2.72. The van der Waals surface area contributed by atoms with Crippen molar-refractivity contribution in [1.82, 2.24) is 9.88 Å². The number of hydrogen-bond acceptors (Lipinski definition) is 6. The molecule has 0 atom stereocenters. The van der Waals surface area contributed by atoms with Crippen molar-refractivity contribution in [2.24, 2.45) is 0 Å². The SMILES string of the molecule is Cc1ccc(-c2nc(C(=O)OCC(=O)N(C)C3(C#N)CCCCC3)cs2)cc1. The Morgan fingerprint density at radius 1 is 1.25 bits per heavy atom. The van der Waals surface area contributed by atoms with Crippen LogP contribution in [0.2, 0.25) is 0 Å². The highest BCUT2D eigenvalue weighted by molar-refractivity contribution is 7.13. The van der Waals surface area contributed by atoms with Gasteiger partial charge in [-0.1, -0.05) is 49.1 Å². The third kappa shape index (κ3) is 4.23. The summed E-state index contributed by atoms with van der Waals surface area (Å²) in [5.74, 6) is -1.00. The molecule has 0 saturated heterocycles. The van der Waals surface area contributed by atoms with Gasteiger partial charge in [-0.15, -0.1) is 11.3 Å². The number of nitrogens with zero attached hydrogens (tertiary/aromatic N) is 3. The number of carbonyl (C=O) groups excluding carboxylic acids is 2. The zero-order valence-electron chi connectivity index (χ0n) is 16.1. The van der Waals surface area contributed by atoms with Gasteiger partial charge in [0.25, 0.3) is 5.91 Å². The number of amides is 1. The van der Waals surface area contributed by atoms with Crippen LogP contribution in [0.5, 0.6) is 0 Å². The fraction of sp³-hybridized carbons (Fsp3) is 0.429. The number of thiazole rings is 1. The van der Waals surface area contributed by atoms with Crippen molar-refractivity contribution < 1.29 is 14.3 Å². The molecule has 1 saturated carbocycles. The van der Waals surface area contributed by atoms with Gasteiger partial charge in [0.15, 0.2) is 12.3 Å². The van der Waals surface area contributed by atoms with Crippen LogP contribution < -0.4 is 0 Å². The van der Waals surface area contributed by atoms with Crippen LogP contribution in [-0.4, -0.2) is 41.0 Å². The second kappa shape index (κ2) is 8.53. The molecular weight excluding hydrogens is 374 g/mol. The molecule has 7 heteroatoms. The van der Waals surface area contributed by atoms with Crippen molar-refractivity contribution in [1.29, 1.82) is 5.26 Å². The number of benzene rings is 1. The summed E-state index contributed by atoms with van der Waals surface area (Å²) in [5, 5.41) is 11.9. The van der Waals surface area contributed by atoms with Gasteiger partial charge in [-0.2, -0.15) is 5.26 Å². The lowest BCUT2D eigenvalue weighted by Crippen LogP contribution is -2.51. The van der Waals surface area contributed by atoms with Gasteiger partial charge in [-0.05, 0) is 19.8 Å². The smallest absolute Gasteiger partial charge is 0.358 e. The minimum atomic E-state index is -0.791. The summed E-state index contributed by atoms with van der Waals surface area (Å²) >= 11 is 1.35. The Kier molecular flexibility index (Phi) is 6.10. The zero-order chi connectivity index (χ0) is 20.1. The van der Waals surface area contributed by atoms with Crippen LogP contribution in [0.3, 0.4) is 0 Å². The van der Waals surface area contributed by atoms with E-state index < -0.39 is 18.1 Å². The molecule has 1 aromatic heterocycles. The lowest BCUT2D eigenvalue weighted by atomic mass is 9.81. The van der Waals surface area contributed by atoms with Crippen molar-refractivity contribution in [3.05, 3.63) is 40.9 Å². The topological polar surface area (TPSA) is 83.3 Å². The van der Waals surface area contributed by atoms with Crippen LogP contribution in [0.1, 0.15) is 48.2 Å². The van der Waals surface area contributed by atoms with E-state index in [0.717, 1.165) is 35.4 Å². The summed E-state index contributed by atoms with van der Waals surface area (Å²) in [6.07, 6.45) is 4.24. The van der Waals surface area contributed by atoms with Gasteiger partial charge >= 0.3 is 5.97 Å². The predicted octanol–water partition coefficient (Wildman–Crippen LogP) is 3.96. The molecule has 1 heterocycles. The highest BCUT2D eigenvalue weighted by atomic mass is 32.1. The van der Waals surface area contributed by atoms with E-state index in [0.29, 0.717) is 12.8 Å². The molecule has 0 bridgehead atoms. The van der Waals surface area contributed by atoms with E-state index in [1.54, 1.807) is 12.4 Å². The van der Waals surface area contributed by atoms with Gasteiger partial charge in [0.05, 0.1) is 6.07 Å². The fourth-order valence-electron chi connectivity index (χ4n) is 3.39. The van der Waals surface area contributed by atoms with E-state index in [2.05, 4.69) is 11.1 Å². The van der Waals surface area contributed by atoms with E-state index >= 15 is 0 Å². The Labute approximate surface area is 168 Å². The van der Waals surface area contributed by atoms with Crippen molar-refractivity contribution in [2.45, 2.75) is 44.6 Å². The Balaban J connectivity index is 1.60. The summed E-state index contributed by atoms with van der Waals surface area (Å²) in [4.78, 5) is 30.5. The van der Waals surface area contributed by atoms with E-state index in [4.69, 9.17) is 4.74 Å². The number of likely N-dealkylation sites (N-methyl/N-ethyl adjacent to an activating group) is 1. The number of nitriles is 1. The van der Waals surface area contributed by atoms with Crippen LogP contribution in [0.4, 0.5) is 0 Å². The van der Waals surface area contributed by atoms with Crippen molar-refractivity contribution in [3.8, 4) is 16.6 Å². The molecule has 28 heavy (non-hydrogen) atoms. The maximum Gasteiger partial charge on any atom is 0.358 e. The van der Waals surface area contributed by atoms with E-state index in [9.17, 15) is 14.9 Å². The molecule has 1 aliphatic carbocycles. The summed E-state index contributed by atoms with van der Waals surface area (Å²) in [7, 11) is 1.61. The minimum absolute atomic E-state index is 0.184. The molecule has 0 radical (unpaired) electrons. The number of hydrogen-bond donors (Lipinski definition) is 0. The molecule has 0 aliphatic heterocycles. The van der Waals surface area contributed by atoms with Crippen molar-refractivity contribution >= 4 is 23.2 Å². The predicted molar refractivity (Wildman–Crippen MR) is 107 cm³/mol. The van der Waals surface area contributed by atoms with Gasteiger partial charge in [0.1, 0.15) is 10.5 Å². The number of aromatic nitrogens is 1. The monoisotopic (exact) mass is 397 g/mol. The molecular formula is C21H23N3O3S.